The van der Waals surface area contributed by atoms with Crippen molar-refractivity contribution in [1.82, 2.24) is 0 Å². The van der Waals surface area contributed by atoms with E-state index in [4.69, 9.17) is 11.6 Å². The number of nitrogens with one attached hydrogen (secondary N) is 2. The molecule has 0 radical (unpaired) electrons. The Balaban J connectivity index is 1.86. The third-order valence-electron chi connectivity index (χ3n) is 3.34. The zero-order valence-corrected chi connectivity index (χ0v) is 12.8. The summed E-state index contributed by atoms with van der Waals surface area (Å²) in [6, 6.07) is 14.2. The third kappa shape index (κ3) is 3.91. The van der Waals surface area contributed by atoms with Gasteiger partial charge >= 0.3 is 0 Å². The molecule has 0 aliphatic carbocycles. The fourth-order valence-electron chi connectivity index (χ4n) is 2.24. The summed E-state index contributed by atoms with van der Waals surface area (Å²) in [4.78, 5) is 0. The number of rotatable bonds is 6. The molecule has 0 aromatic heterocycles. The monoisotopic (exact) mass is 288 g/mol. The zero-order chi connectivity index (χ0) is 14.4. The van der Waals surface area contributed by atoms with Crippen LogP contribution in [0.3, 0.4) is 0 Å². The molecular formula is C17H21ClN2. The highest BCUT2D eigenvalue weighted by Crippen LogP contribution is 2.20. The normalized spacial score (nSPS) is 10.3. The first-order chi connectivity index (χ1) is 9.70. The van der Waals surface area contributed by atoms with Gasteiger partial charge in [-0.05, 0) is 48.7 Å². The van der Waals surface area contributed by atoms with Gasteiger partial charge in [0.1, 0.15) is 0 Å². The molecule has 0 saturated carbocycles. The molecule has 0 atom stereocenters. The lowest BCUT2D eigenvalue weighted by atomic mass is 10.1. The topological polar surface area (TPSA) is 24.1 Å². The Bertz CT molecular complexity index is 549. The van der Waals surface area contributed by atoms with Crippen molar-refractivity contribution in [3.63, 3.8) is 0 Å². The molecule has 106 valence electrons. The smallest absolute Gasteiger partial charge is 0.0407 e. The maximum Gasteiger partial charge on any atom is 0.0407 e. The van der Waals surface area contributed by atoms with E-state index in [9.17, 15) is 0 Å². The molecule has 0 amide bonds. The second-order valence-electron chi connectivity index (χ2n) is 4.82. The lowest BCUT2D eigenvalue weighted by molar-refractivity contribution is 1.05. The molecule has 3 heteroatoms. The highest BCUT2D eigenvalue weighted by molar-refractivity contribution is 6.30. The molecule has 0 aliphatic rings. The first-order valence-corrected chi connectivity index (χ1v) is 7.40. The summed E-state index contributed by atoms with van der Waals surface area (Å²) in [6.07, 6.45) is 1.05. The summed E-state index contributed by atoms with van der Waals surface area (Å²) in [5.41, 5.74) is 5.04. The van der Waals surface area contributed by atoms with Crippen molar-refractivity contribution in [3.05, 3.63) is 58.6 Å². The summed E-state index contributed by atoms with van der Waals surface area (Å²) in [6.45, 7) is 6.10. The number of hydrogen-bond acceptors (Lipinski definition) is 2. The first kappa shape index (κ1) is 14.7. The quantitative estimate of drug-likeness (QED) is 0.751. The molecule has 0 bridgehead atoms. The Morgan fingerprint density at radius 2 is 1.65 bits per heavy atom. The molecule has 2 nitrogen and oxygen atoms in total. The van der Waals surface area contributed by atoms with Crippen LogP contribution in [0.15, 0.2) is 42.5 Å². The van der Waals surface area contributed by atoms with Gasteiger partial charge in [0.15, 0.2) is 0 Å². The maximum absolute atomic E-state index is 5.86. The van der Waals surface area contributed by atoms with Crippen molar-refractivity contribution in [1.29, 1.82) is 0 Å². The van der Waals surface area contributed by atoms with Crippen LogP contribution in [0.25, 0.3) is 0 Å². The third-order valence-corrected chi connectivity index (χ3v) is 3.59. The fraction of sp³-hybridized carbons (Fsp3) is 0.294. The van der Waals surface area contributed by atoms with Crippen LogP contribution in [0.2, 0.25) is 5.02 Å². The minimum Gasteiger partial charge on any atom is -0.383 e. The molecule has 0 spiro atoms. The Hall–Kier alpha value is -1.67. The lowest BCUT2D eigenvalue weighted by Gasteiger charge is -2.14. The van der Waals surface area contributed by atoms with E-state index >= 15 is 0 Å². The highest BCUT2D eigenvalue weighted by Gasteiger charge is 2.02. The Morgan fingerprint density at radius 1 is 0.950 bits per heavy atom. The second-order valence-corrected chi connectivity index (χ2v) is 5.26. The van der Waals surface area contributed by atoms with Crippen LogP contribution in [-0.4, -0.2) is 13.1 Å². The molecule has 2 aromatic rings. The number of halogens is 1. The van der Waals surface area contributed by atoms with E-state index in [2.05, 4.69) is 42.7 Å². The summed E-state index contributed by atoms with van der Waals surface area (Å²) in [5, 5.41) is 7.67. The molecule has 0 fully saturated rings. The van der Waals surface area contributed by atoms with Gasteiger partial charge in [0, 0.05) is 29.5 Å². The average Bonchev–Trinajstić information content (AvgIpc) is 2.46. The average molecular weight is 289 g/mol. The van der Waals surface area contributed by atoms with Crippen LogP contribution >= 0.6 is 11.6 Å². The Labute approximate surface area is 126 Å². The van der Waals surface area contributed by atoms with Crippen LogP contribution < -0.4 is 10.6 Å². The van der Waals surface area contributed by atoms with Crippen LogP contribution in [-0.2, 0) is 6.42 Å². The molecule has 20 heavy (non-hydrogen) atoms. The number of para-hydroxylation sites is 1. The summed E-state index contributed by atoms with van der Waals surface area (Å²) >= 11 is 5.86. The largest absolute Gasteiger partial charge is 0.383 e. The van der Waals surface area contributed by atoms with E-state index in [0.29, 0.717) is 0 Å². The number of aryl methyl sites for hydroxylation is 2. The van der Waals surface area contributed by atoms with Crippen molar-refractivity contribution in [2.45, 2.75) is 20.3 Å². The van der Waals surface area contributed by atoms with Gasteiger partial charge in [-0.2, -0.15) is 0 Å². The van der Waals surface area contributed by atoms with Gasteiger partial charge in [-0.25, -0.2) is 0 Å². The second kappa shape index (κ2) is 7.20. The summed E-state index contributed by atoms with van der Waals surface area (Å²) < 4.78 is 0. The van der Waals surface area contributed by atoms with E-state index < -0.39 is 0 Å². The van der Waals surface area contributed by atoms with Gasteiger partial charge in [-0.3, -0.25) is 0 Å². The van der Waals surface area contributed by atoms with Crippen molar-refractivity contribution in [2.24, 2.45) is 0 Å². The first-order valence-electron chi connectivity index (χ1n) is 7.02. The summed E-state index contributed by atoms with van der Waals surface area (Å²) in [5.74, 6) is 0. The molecule has 0 aliphatic heterocycles. The summed E-state index contributed by atoms with van der Waals surface area (Å²) in [7, 11) is 0. The van der Waals surface area contributed by atoms with Gasteiger partial charge in [0.25, 0.3) is 0 Å². The molecule has 0 heterocycles. The standard InChI is InChI=1S/C17H21ClN2/c1-3-14-6-4-5-13(2)17(14)20-12-11-19-16-9-7-15(18)8-10-16/h4-10,19-20H,3,11-12H2,1-2H3. The van der Waals surface area contributed by atoms with Gasteiger partial charge in [0.2, 0.25) is 0 Å². The van der Waals surface area contributed by atoms with E-state index in [-0.39, 0.29) is 0 Å². The molecule has 2 N–H and O–H groups in total. The molecule has 2 rings (SSSR count). The van der Waals surface area contributed by atoms with E-state index in [1.54, 1.807) is 0 Å². The molecule has 0 saturated heterocycles. The predicted octanol–water partition coefficient (Wildman–Crippen LogP) is 4.73. The van der Waals surface area contributed by atoms with Crippen LogP contribution in [0, 0.1) is 6.92 Å². The highest BCUT2D eigenvalue weighted by atomic mass is 35.5. The zero-order valence-electron chi connectivity index (χ0n) is 12.0. The Morgan fingerprint density at radius 3 is 2.35 bits per heavy atom. The maximum atomic E-state index is 5.86. The van der Waals surface area contributed by atoms with Crippen molar-refractivity contribution in [3.8, 4) is 0 Å². The van der Waals surface area contributed by atoms with Gasteiger partial charge in [-0.15, -0.1) is 0 Å². The van der Waals surface area contributed by atoms with Gasteiger partial charge in [0.05, 0.1) is 0 Å². The SMILES string of the molecule is CCc1cccc(C)c1NCCNc1ccc(Cl)cc1. The van der Waals surface area contributed by atoms with E-state index in [1.165, 1.54) is 16.8 Å². The number of anilines is 2. The Kier molecular flexibility index (Phi) is 5.31. The molecule has 0 unspecified atom stereocenters. The lowest BCUT2D eigenvalue weighted by Crippen LogP contribution is -2.15. The van der Waals surface area contributed by atoms with Crippen LogP contribution in [0.1, 0.15) is 18.1 Å². The number of hydrogen-bond donors (Lipinski definition) is 2. The molecule has 2 aromatic carbocycles. The van der Waals surface area contributed by atoms with Crippen molar-refractivity contribution in [2.75, 3.05) is 23.7 Å². The predicted molar refractivity (Wildman–Crippen MR) is 89.0 cm³/mol. The van der Waals surface area contributed by atoms with Crippen molar-refractivity contribution < 1.29 is 0 Å². The van der Waals surface area contributed by atoms with E-state index in [0.717, 1.165) is 30.2 Å². The number of benzene rings is 2. The van der Waals surface area contributed by atoms with Gasteiger partial charge < -0.3 is 10.6 Å². The van der Waals surface area contributed by atoms with E-state index in [1.807, 2.05) is 24.3 Å². The van der Waals surface area contributed by atoms with Gasteiger partial charge in [-0.1, -0.05) is 36.7 Å². The van der Waals surface area contributed by atoms with Crippen LogP contribution in [0.4, 0.5) is 11.4 Å². The minimum absolute atomic E-state index is 0.765. The molecular weight excluding hydrogens is 268 g/mol. The minimum atomic E-state index is 0.765. The van der Waals surface area contributed by atoms with Crippen LogP contribution in [0.5, 0.6) is 0 Å². The fourth-order valence-corrected chi connectivity index (χ4v) is 2.36. The van der Waals surface area contributed by atoms with Crippen molar-refractivity contribution >= 4 is 23.0 Å².